The van der Waals surface area contributed by atoms with Crippen molar-refractivity contribution in [1.29, 1.82) is 0 Å². The Hall–Kier alpha value is -0.540. The standard InChI is InChI=1S/C18H29BrN2/c1-5-10-21(13-14-6-7-14)17-9-8-16(19)11-15(17)12-20-18(2,3)4/h8-9,11,14,20H,5-7,10,12-13H2,1-4H3. The fourth-order valence-electron chi connectivity index (χ4n) is 2.56. The van der Waals surface area contributed by atoms with Crippen LogP contribution in [0.25, 0.3) is 0 Å². The van der Waals surface area contributed by atoms with Crippen molar-refractivity contribution in [2.45, 2.75) is 59.0 Å². The van der Waals surface area contributed by atoms with E-state index in [1.54, 1.807) is 0 Å². The summed E-state index contributed by atoms with van der Waals surface area (Å²) in [5.74, 6) is 0.920. The molecule has 1 fully saturated rings. The van der Waals surface area contributed by atoms with Crippen molar-refractivity contribution in [3.05, 3.63) is 28.2 Å². The lowest BCUT2D eigenvalue weighted by molar-refractivity contribution is 0.424. The number of hydrogen-bond donors (Lipinski definition) is 1. The van der Waals surface area contributed by atoms with Crippen molar-refractivity contribution < 1.29 is 0 Å². The van der Waals surface area contributed by atoms with E-state index in [9.17, 15) is 0 Å². The van der Waals surface area contributed by atoms with Crippen LogP contribution in [0.2, 0.25) is 0 Å². The predicted octanol–water partition coefficient (Wildman–Crippen LogP) is 4.96. The molecule has 2 rings (SSSR count). The first-order valence-electron chi connectivity index (χ1n) is 8.17. The van der Waals surface area contributed by atoms with Crippen LogP contribution in [0.4, 0.5) is 5.69 Å². The summed E-state index contributed by atoms with van der Waals surface area (Å²) in [5, 5.41) is 3.62. The van der Waals surface area contributed by atoms with Gasteiger partial charge in [-0.3, -0.25) is 0 Å². The highest BCUT2D eigenvalue weighted by molar-refractivity contribution is 9.10. The van der Waals surface area contributed by atoms with Gasteiger partial charge < -0.3 is 10.2 Å². The molecule has 0 radical (unpaired) electrons. The highest BCUT2D eigenvalue weighted by Gasteiger charge is 2.25. The van der Waals surface area contributed by atoms with Gasteiger partial charge in [0.05, 0.1) is 0 Å². The molecular formula is C18H29BrN2. The summed E-state index contributed by atoms with van der Waals surface area (Å²) in [6.45, 7) is 12.2. The molecule has 1 N–H and O–H groups in total. The summed E-state index contributed by atoms with van der Waals surface area (Å²) in [5.41, 5.74) is 2.95. The minimum atomic E-state index is 0.145. The zero-order chi connectivity index (χ0) is 15.5. The number of nitrogens with one attached hydrogen (secondary N) is 1. The molecule has 0 amide bonds. The quantitative estimate of drug-likeness (QED) is 0.745. The zero-order valence-corrected chi connectivity index (χ0v) is 15.5. The maximum absolute atomic E-state index is 3.62. The third-order valence-electron chi connectivity index (χ3n) is 3.86. The van der Waals surface area contributed by atoms with Crippen LogP contribution in [-0.2, 0) is 6.54 Å². The first-order valence-corrected chi connectivity index (χ1v) is 8.97. The van der Waals surface area contributed by atoms with Gasteiger partial charge in [0, 0.05) is 35.3 Å². The molecule has 2 nitrogen and oxygen atoms in total. The maximum atomic E-state index is 3.62. The van der Waals surface area contributed by atoms with E-state index < -0.39 is 0 Å². The Morgan fingerprint density at radius 1 is 1.29 bits per heavy atom. The number of anilines is 1. The molecule has 21 heavy (non-hydrogen) atoms. The number of nitrogens with zero attached hydrogens (tertiary/aromatic N) is 1. The lowest BCUT2D eigenvalue weighted by Gasteiger charge is -2.29. The molecule has 0 saturated heterocycles. The van der Waals surface area contributed by atoms with Crippen LogP contribution >= 0.6 is 15.9 Å². The summed E-state index contributed by atoms with van der Waals surface area (Å²) in [7, 11) is 0. The molecule has 1 saturated carbocycles. The van der Waals surface area contributed by atoms with Crippen LogP contribution in [0.5, 0.6) is 0 Å². The Morgan fingerprint density at radius 3 is 2.57 bits per heavy atom. The van der Waals surface area contributed by atoms with E-state index in [1.165, 1.54) is 41.5 Å². The molecule has 1 aliphatic rings. The van der Waals surface area contributed by atoms with Crippen LogP contribution in [0.3, 0.4) is 0 Å². The number of benzene rings is 1. The number of rotatable bonds is 7. The first kappa shape index (κ1) is 16.8. The minimum absolute atomic E-state index is 0.145. The van der Waals surface area contributed by atoms with Crippen LogP contribution in [0, 0.1) is 5.92 Å². The van der Waals surface area contributed by atoms with E-state index in [4.69, 9.17) is 0 Å². The Kier molecular flexibility index (Phi) is 5.73. The average Bonchev–Trinajstić information content (AvgIpc) is 3.19. The Balaban J connectivity index is 2.18. The van der Waals surface area contributed by atoms with E-state index >= 15 is 0 Å². The molecule has 0 unspecified atom stereocenters. The van der Waals surface area contributed by atoms with Gasteiger partial charge in [0.15, 0.2) is 0 Å². The third kappa shape index (κ3) is 5.63. The summed E-state index contributed by atoms with van der Waals surface area (Å²) < 4.78 is 1.17. The van der Waals surface area contributed by atoms with Gasteiger partial charge >= 0.3 is 0 Å². The predicted molar refractivity (Wildman–Crippen MR) is 96.0 cm³/mol. The van der Waals surface area contributed by atoms with Gasteiger partial charge in [0.1, 0.15) is 0 Å². The molecule has 1 aromatic carbocycles. The first-order chi connectivity index (χ1) is 9.89. The molecular weight excluding hydrogens is 324 g/mol. The molecule has 0 heterocycles. The van der Waals surface area contributed by atoms with Crippen LogP contribution in [0.15, 0.2) is 22.7 Å². The molecule has 1 aliphatic carbocycles. The van der Waals surface area contributed by atoms with Crippen LogP contribution in [-0.4, -0.2) is 18.6 Å². The maximum Gasteiger partial charge on any atom is 0.0412 e. The van der Waals surface area contributed by atoms with Crippen molar-refractivity contribution in [2.75, 3.05) is 18.0 Å². The van der Waals surface area contributed by atoms with Gasteiger partial charge in [0.25, 0.3) is 0 Å². The summed E-state index contributed by atoms with van der Waals surface area (Å²) in [6, 6.07) is 6.72. The normalized spacial score (nSPS) is 15.3. The molecule has 0 bridgehead atoms. The number of hydrogen-bond acceptors (Lipinski definition) is 2. The van der Waals surface area contributed by atoms with E-state index in [1.807, 2.05) is 0 Å². The van der Waals surface area contributed by atoms with Crippen molar-refractivity contribution in [3.8, 4) is 0 Å². The molecule has 0 aromatic heterocycles. The SMILES string of the molecule is CCCN(CC1CC1)c1ccc(Br)cc1CNC(C)(C)C. The lowest BCUT2D eigenvalue weighted by atomic mass is 10.1. The van der Waals surface area contributed by atoms with Crippen molar-refractivity contribution in [3.63, 3.8) is 0 Å². The van der Waals surface area contributed by atoms with Gasteiger partial charge in [0.2, 0.25) is 0 Å². The largest absolute Gasteiger partial charge is 0.371 e. The van der Waals surface area contributed by atoms with Gasteiger partial charge in [-0.1, -0.05) is 22.9 Å². The van der Waals surface area contributed by atoms with Crippen molar-refractivity contribution in [1.82, 2.24) is 5.32 Å². The van der Waals surface area contributed by atoms with Crippen LogP contribution in [0.1, 0.15) is 52.5 Å². The third-order valence-corrected chi connectivity index (χ3v) is 4.35. The zero-order valence-electron chi connectivity index (χ0n) is 13.9. The lowest BCUT2D eigenvalue weighted by Crippen LogP contribution is -2.36. The fraction of sp³-hybridized carbons (Fsp3) is 0.667. The fourth-order valence-corrected chi connectivity index (χ4v) is 2.97. The van der Waals surface area contributed by atoms with Crippen molar-refractivity contribution in [2.24, 2.45) is 5.92 Å². The molecule has 0 atom stereocenters. The second-order valence-electron chi connectivity index (χ2n) is 7.27. The highest BCUT2D eigenvalue weighted by atomic mass is 79.9. The topological polar surface area (TPSA) is 15.3 Å². The van der Waals surface area contributed by atoms with Crippen LogP contribution < -0.4 is 10.2 Å². The van der Waals surface area contributed by atoms with Gasteiger partial charge in [-0.05, 0) is 69.7 Å². The highest BCUT2D eigenvalue weighted by Crippen LogP contribution is 2.33. The smallest absolute Gasteiger partial charge is 0.0412 e. The van der Waals surface area contributed by atoms with Gasteiger partial charge in [-0.25, -0.2) is 0 Å². The Bertz CT molecular complexity index is 461. The van der Waals surface area contributed by atoms with E-state index in [0.29, 0.717) is 0 Å². The molecule has 0 spiro atoms. The molecule has 1 aromatic rings. The summed E-state index contributed by atoms with van der Waals surface area (Å²) >= 11 is 3.62. The molecule has 0 aliphatic heterocycles. The average molecular weight is 353 g/mol. The van der Waals surface area contributed by atoms with Crippen molar-refractivity contribution >= 4 is 21.6 Å². The second kappa shape index (κ2) is 7.15. The molecule has 3 heteroatoms. The Morgan fingerprint density at radius 2 is 2.00 bits per heavy atom. The van der Waals surface area contributed by atoms with Gasteiger partial charge in [-0.15, -0.1) is 0 Å². The monoisotopic (exact) mass is 352 g/mol. The van der Waals surface area contributed by atoms with E-state index in [2.05, 4.69) is 72.0 Å². The number of halogens is 1. The summed E-state index contributed by atoms with van der Waals surface area (Å²) in [4.78, 5) is 2.59. The summed E-state index contributed by atoms with van der Waals surface area (Å²) in [6.07, 6.45) is 4.02. The van der Waals surface area contributed by atoms with E-state index in [0.717, 1.165) is 19.0 Å². The molecule has 118 valence electrons. The Labute approximate surface area is 138 Å². The second-order valence-corrected chi connectivity index (χ2v) is 8.18. The van der Waals surface area contributed by atoms with Gasteiger partial charge in [-0.2, -0.15) is 0 Å². The van der Waals surface area contributed by atoms with E-state index in [-0.39, 0.29) is 5.54 Å². The minimum Gasteiger partial charge on any atom is -0.371 e.